The molecule has 0 bridgehead atoms. The van der Waals surface area contributed by atoms with Crippen LogP contribution in [0.15, 0.2) is 28.3 Å². The molecule has 0 aliphatic rings. The van der Waals surface area contributed by atoms with E-state index in [1.807, 2.05) is 12.4 Å². The molecular weight excluding hydrogens is 274 g/mol. The number of nitrogens with zero attached hydrogens (tertiary/aromatic N) is 1. The van der Waals surface area contributed by atoms with Gasteiger partial charge in [-0.15, -0.1) is 11.3 Å². The maximum atomic E-state index is 3.93. The summed E-state index contributed by atoms with van der Waals surface area (Å²) in [5.74, 6) is 0. The van der Waals surface area contributed by atoms with Crippen LogP contribution in [-0.4, -0.2) is 10.2 Å². The number of hydrogen-bond acceptors (Lipinski definition) is 3. The van der Waals surface area contributed by atoms with Crippen LogP contribution < -0.4 is 5.32 Å². The first kappa shape index (κ1) is 10.9. The van der Waals surface area contributed by atoms with Crippen LogP contribution in [-0.2, 0) is 6.54 Å². The summed E-state index contributed by atoms with van der Waals surface area (Å²) in [5.41, 5.74) is 1.19. The van der Waals surface area contributed by atoms with Gasteiger partial charge in [-0.05, 0) is 35.0 Å². The summed E-state index contributed by atoms with van der Waals surface area (Å²) in [5, 5.41) is 10.2. The molecule has 0 radical (unpaired) electrons. The number of halogens is 1. The maximum Gasteiger partial charge on any atom is 0.0701 e. The minimum Gasteiger partial charge on any atom is -0.305 e. The Hall–Kier alpha value is -0.650. The van der Waals surface area contributed by atoms with Crippen molar-refractivity contribution < 1.29 is 0 Å². The van der Waals surface area contributed by atoms with Gasteiger partial charge in [0.1, 0.15) is 0 Å². The van der Waals surface area contributed by atoms with Crippen molar-refractivity contribution >= 4 is 27.3 Å². The van der Waals surface area contributed by atoms with Crippen LogP contribution in [0.3, 0.4) is 0 Å². The minimum atomic E-state index is 0.324. The molecule has 0 aliphatic carbocycles. The summed E-state index contributed by atoms with van der Waals surface area (Å²) in [4.78, 5) is 1.33. The van der Waals surface area contributed by atoms with Gasteiger partial charge in [0.2, 0.25) is 0 Å². The van der Waals surface area contributed by atoms with Crippen LogP contribution in [0.25, 0.3) is 0 Å². The van der Waals surface area contributed by atoms with Gasteiger partial charge in [0.15, 0.2) is 0 Å². The van der Waals surface area contributed by atoms with Crippen molar-refractivity contribution in [1.82, 2.24) is 15.5 Å². The van der Waals surface area contributed by atoms with Crippen LogP contribution in [0, 0.1) is 0 Å². The second-order valence-corrected chi connectivity index (χ2v) is 5.89. The molecule has 5 heteroatoms. The highest BCUT2D eigenvalue weighted by Gasteiger charge is 2.06. The van der Waals surface area contributed by atoms with Crippen molar-refractivity contribution in [2.75, 3.05) is 0 Å². The van der Waals surface area contributed by atoms with Gasteiger partial charge in [-0.2, -0.15) is 5.10 Å². The number of hydrogen-bond donors (Lipinski definition) is 2. The minimum absolute atomic E-state index is 0.324. The summed E-state index contributed by atoms with van der Waals surface area (Å²) in [7, 11) is 0. The molecule has 0 saturated heterocycles. The van der Waals surface area contributed by atoms with Gasteiger partial charge in [0, 0.05) is 29.2 Å². The Labute approximate surface area is 101 Å². The molecule has 0 saturated carbocycles. The van der Waals surface area contributed by atoms with E-state index in [9.17, 15) is 0 Å². The van der Waals surface area contributed by atoms with E-state index < -0.39 is 0 Å². The number of aromatic nitrogens is 2. The predicted molar refractivity (Wildman–Crippen MR) is 65.9 cm³/mol. The molecule has 3 nitrogen and oxygen atoms in total. The Morgan fingerprint density at radius 2 is 2.47 bits per heavy atom. The van der Waals surface area contributed by atoms with Crippen LogP contribution in [0.4, 0.5) is 0 Å². The highest BCUT2D eigenvalue weighted by Crippen LogP contribution is 2.22. The Kier molecular flexibility index (Phi) is 3.56. The number of aromatic amines is 1. The lowest BCUT2D eigenvalue weighted by molar-refractivity contribution is 0.579. The molecule has 2 N–H and O–H groups in total. The highest BCUT2D eigenvalue weighted by atomic mass is 79.9. The van der Waals surface area contributed by atoms with Gasteiger partial charge < -0.3 is 5.32 Å². The Morgan fingerprint density at radius 1 is 1.60 bits per heavy atom. The fraction of sp³-hybridized carbons (Fsp3) is 0.300. The molecule has 0 amide bonds. The monoisotopic (exact) mass is 285 g/mol. The van der Waals surface area contributed by atoms with Gasteiger partial charge >= 0.3 is 0 Å². The van der Waals surface area contributed by atoms with Gasteiger partial charge in [0.25, 0.3) is 0 Å². The van der Waals surface area contributed by atoms with E-state index in [0.29, 0.717) is 6.04 Å². The Balaban J connectivity index is 1.88. The van der Waals surface area contributed by atoms with E-state index >= 15 is 0 Å². The van der Waals surface area contributed by atoms with Crippen molar-refractivity contribution in [2.24, 2.45) is 0 Å². The summed E-state index contributed by atoms with van der Waals surface area (Å²) < 4.78 is 1.18. The molecule has 2 rings (SSSR count). The summed E-state index contributed by atoms with van der Waals surface area (Å²) >= 11 is 5.21. The fourth-order valence-electron chi connectivity index (χ4n) is 1.32. The van der Waals surface area contributed by atoms with E-state index in [4.69, 9.17) is 0 Å². The quantitative estimate of drug-likeness (QED) is 0.906. The second-order valence-electron chi connectivity index (χ2n) is 3.34. The van der Waals surface area contributed by atoms with Crippen molar-refractivity contribution in [3.05, 3.63) is 38.8 Å². The number of nitrogens with one attached hydrogen (secondary N) is 2. The molecule has 0 fully saturated rings. The van der Waals surface area contributed by atoms with E-state index in [2.05, 4.69) is 50.5 Å². The van der Waals surface area contributed by atoms with Crippen molar-refractivity contribution in [3.8, 4) is 0 Å². The fourth-order valence-corrected chi connectivity index (χ4v) is 2.75. The average molecular weight is 286 g/mol. The van der Waals surface area contributed by atoms with Gasteiger partial charge in [-0.25, -0.2) is 0 Å². The first-order valence-corrected chi connectivity index (χ1v) is 6.33. The SMILES string of the molecule is CC(NCc1ccc(Br)s1)c1cn[nH]c1. The van der Waals surface area contributed by atoms with E-state index in [1.54, 1.807) is 11.3 Å². The van der Waals surface area contributed by atoms with Crippen LogP contribution in [0.5, 0.6) is 0 Å². The first-order chi connectivity index (χ1) is 7.25. The second kappa shape index (κ2) is 4.92. The molecule has 0 aromatic carbocycles. The van der Waals surface area contributed by atoms with Crippen LogP contribution in [0.2, 0.25) is 0 Å². The Bertz CT molecular complexity index is 410. The molecule has 2 heterocycles. The maximum absolute atomic E-state index is 3.93. The zero-order valence-corrected chi connectivity index (χ0v) is 10.7. The topological polar surface area (TPSA) is 40.7 Å². The number of rotatable bonds is 4. The lowest BCUT2D eigenvalue weighted by atomic mass is 10.2. The van der Waals surface area contributed by atoms with Crippen molar-refractivity contribution in [2.45, 2.75) is 19.5 Å². The highest BCUT2D eigenvalue weighted by molar-refractivity contribution is 9.11. The molecule has 2 aromatic heterocycles. The molecule has 1 unspecified atom stereocenters. The molecule has 0 spiro atoms. The van der Waals surface area contributed by atoms with Crippen molar-refractivity contribution in [1.29, 1.82) is 0 Å². The number of H-pyrrole nitrogens is 1. The molecule has 15 heavy (non-hydrogen) atoms. The zero-order valence-electron chi connectivity index (χ0n) is 8.33. The molecule has 80 valence electrons. The normalized spacial score (nSPS) is 12.9. The third kappa shape index (κ3) is 2.90. The molecule has 1 atom stereocenters. The Morgan fingerprint density at radius 3 is 3.07 bits per heavy atom. The van der Waals surface area contributed by atoms with Gasteiger partial charge in [-0.3, -0.25) is 5.10 Å². The number of thiophene rings is 1. The first-order valence-electron chi connectivity index (χ1n) is 4.72. The predicted octanol–water partition coefficient (Wildman–Crippen LogP) is 3.08. The lowest BCUT2D eigenvalue weighted by Gasteiger charge is -2.10. The zero-order chi connectivity index (χ0) is 10.7. The third-order valence-electron chi connectivity index (χ3n) is 2.23. The third-order valence-corrected chi connectivity index (χ3v) is 3.85. The van der Waals surface area contributed by atoms with E-state index in [-0.39, 0.29) is 0 Å². The van der Waals surface area contributed by atoms with Crippen LogP contribution in [0.1, 0.15) is 23.4 Å². The van der Waals surface area contributed by atoms with Crippen LogP contribution >= 0.6 is 27.3 Å². The average Bonchev–Trinajstić information content (AvgIpc) is 2.84. The molecule has 2 aromatic rings. The summed E-state index contributed by atoms with van der Waals surface area (Å²) in [6.45, 7) is 3.02. The summed E-state index contributed by atoms with van der Waals surface area (Å²) in [6.07, 6.45) is 3.77. The van der Waals surface area contributed by atoms with Gasteiger partial charge in [0.05, 0.1) is 9.98 Å². The lowest BCUT2D eigenvalue weighted by Crippen LogP contribution is -2.16. The summed E-state index contributed by atoms with van der Waals surface area (Å²) in [6, 6.07) is 4.53. The van der Waals surface area contributed by atoms with Gasteiger partial charge in [-0.1, -0.05) is 0 Å². The van der Waals surface area contributed by atoms with E-state index in [0.717, 1.165) is 6.54 Å². The standard InChI is InChI=1S/C10H12BrN3S/c1-7(8-4-13-14-5-8)12-6-9-2-3-10(11)15-9/h2-5,7,12H,6H2,1H3,(H,13,14). The molecular formula is C10H12BrN3S. The molecule has 0 aliphatic heterocycles. The van der Waals surface area contributed by atoms with E-state index in [1.165, 1.54) is 14.2 Å². The van der Waals surface area contributed by atoms with Crippen molar-refractivity contribution in [3.63, 3.8) is 0 Å². The smallest absolute Gasteiger partial charge is 0.0701 e. The largest absolute Gasteiger partial charge is 0.305 e.